The van der Waals surface area contributed by atoms with Gasteiger partial charge in [-0.3, -0.25) is 9.59 Å². The Balaban J connectivity index is 2.84. The third-order valence-electron chi connectivity index (χ3n) is 2.92. The van der Waals surface area contributed by atoms with Crippen molar-refractivity contribution in [3.63, 3.8) is 0 Å². The van der Waals surface area contributed by atoms with Gasteiger partial charge in [-0.25, -0.2) is 8.78 Å². The quantitative estimate of drug-likeness (QED) is 0.410. The second kappa shape index (κ2) is 9.22. The van der Waals surface area contributed by atoms with Gasteiger partial charge in [0.1, 0.15) is 0 Å². The van der Waals surface area contributed by atoms with Crippen molar-refractivity contribution in [1.82, 2.24) is 5.32 Å². The van der Waals surface area contributed by atoms with Crippen LogP contribution in [0.5, 0.6) is 0 Å². The van der Waals surface area contributed by atoms with Crippen LogP contribution in [-0.2, 0) is 9.53 Å². The fourth-order valence-corrected chi connectivity index (χ4v) is 1.85. The van der Waals surface area contributed by atoms with Gasteiger partial charge in [0, 0.05) is 12.2 Å². The molecule has 0 saturated carbocycles. The lowest BCUT2D eigenvalue weighted by atomic mass is 10.0. The number of carbonyl (C=O) groups excluding carboxylic acids is 2. The molecule has 0 saturated heterocycles. The normalized spacial score (nSPS) is 12.0. The molecule has 1 atom stereocenters. The number of hydrogen-bond donors (Lipinski definition) is 2. The number of ether oxygens (including phenoxy) is 1. The Hall–Kier alpha value is -1.86. The summed E-state index contributed by atoms with van der Waals surface area (Å²) in [5.74, 6) is -3.28. The number of rotatable bonds is 9. The molecule has 0 heterocycles. The zero-order valence-electron chi connectivity index (χ0n) is 12.3. The predicted molar refractivity (Wildman–Crippen MR) is 75.4 cm³/mol. The van der Waals surface area contributed by atoms with Crippen molar-refractivity contribution in [3.8, 4) is 0 Å². The van der Waals surface area contributed by atoms with E-state index in [0.717, 1.165) is 18.2 Å². The van der Waals surface area contributed by atoms with Crippen LogP contribution in [0.2, 0.25) is 0 Å². The number of halogens is 2. The van der Waals surface area contributed by atoms with Gasteiger partial charge in [-0.2, -0.15) is 0 Å². The van der Waals surface area contributed by atoms with E-state index >= 15 is 0 Å². The summed E-state index contributed by atoms with van der Waals surface area (Å²) in [6.07, 6.45) is 0.168. The van der Waals surface area contributed by atoms with Crippen LogP contribution >= 0.6 is 0 Å². The van der Waals surface area contributed by atoms with Gasteiger partial charge in [0.15, 0.2) is 17.4 Å². The summed E-state index contributed by atoms with van der Waals surface area (Å²) in [6.45, 7) is 2.05. The summed E-state index contributed by atoms with van der Waals surface area (Å²) in [5.41, 5.74) is -0.0373. The summed E-state index contributed by atoms with van der Waals surface area (Å²) >= 11 is 0. The molecule has 0 bridgehead atoms. The van der Waals surface area contributed by atoms with E-state index in [9.17, 15) is 18.4 Å². The maximum atomic E-state index is 13.2. The first-order valence-corrected chi connectivity index (χ1v) is 6.98. The van der Waals surface area contributed by atoms with E-state index in [1.54, 1.807) is 6.92 Å². The molecule has 22 heavy (non-hydrogen) atoms. The third-order valence-corrected chi connectivity index (χ3v) is 2.92. The minimum Gasteiger partial charge on any atom is -0.466 e. The Kier molecular flexibility index (Phi) is 7.62. The maximum absolute atomic E-state index is 13.2. The van der Waals surface area contributed by atoms with Gasteiger partial charge in [-0.15, -0.1) is 0 Å². The number of aliphatic hydroxyl groups excluding tert-OH is 1. The molecular formula is C15H19F2NO4. The van der Waals surface area contributed by atoms with Gasteiger partial charge in [0.2, 0.25) is 0 Å². The second-order valence-electron chi connectivity index (χ2n) is 4.59. The predicted octanol–water partition coefficient (Wildman–Crippen LogP) is 1.44. The number of ketones is 1. The molecule has 0 radical (unpaired) electrons. The Morgan fingerprint density at radius 2 is 2.05 bits per heavy atom. The molecule has 2 N–H and O–H groups in total. The van der Waals surface area contributed by atoms with Crippen LogP contribution in [0.4, 0.5) is 8.78 Å². The van der Waals surface area contributed by atoms with Gasteiger partial charge >= 0.3 is 5.97 Å². The Morgan fingerprint density at radius 3 is 2.64 bits per heavy atom. The van der Waals surface area contributed by atoms with Crippen LogP contribution in [0.25, 0.3) is 0 Å². The summed E-state index contributed by atoms with van der Waals surface area (Å²) in [4.78, 5) is 23.9. The molecule has 0 aliphatic rings. The van der Waals surface area contributed by atoms with Crippen molar-refractivity contribution in [2.45, 2.75) is 25.8 Å². The molecule has 0 fully saturated rings. The first-order valence-electron chi connectivity index (χ1n) is 6.98. The van der Waals surface area contributed by atoms with Gasteiger partial charge in [0.05, 0.1) is 19.1 Å². The summed E-state index contributed by atoms with van der Waals surface area (Å²) in [6, 6.07) is 1.89. The topological polar surface area (TPSA) is 75.6 Å². The van der Waals surface area contributed by atoms with Crippen LogP contribution in [0, 0.1) is 11.6 Å². The molecule has 1 rings (SSSR count). The molecule has 0 aromatic heterocycles. The smallest absolute Gasteiger partial charge is 0.307 e. The SMILES string of the molecule is CCOC(=O)CC(NCCCO)C(=O)c1ccc(F)c(F)c1. The van der Waals surface area contributed by atoms with Gasteiger partial charge < -0.3 is 15.2 Å². The fourth-order valence-electron chi connectivity index (χ4n) is 1.85. The van der Waals surface area contributed by atoms with Crippen molar-refractivity contribution in [3.05, 3.63) is 35.4 Å². The molecule has 7 heteroatoms. The van der Waals surface area contributed by atoms with Gasteiger partial charge in [-0.1, -0.05) is 0 Å². The number of aliphatic hydroxyl groups is 1. The van der Waals surface area contributed by atoms with Crippen molar-refractivity contribution in [2.24, 2.45) is 0 Å². The molecule has 1 aromatic rings. The number of nitrogens with one attached hydrogen (secondary N) is 1. The summed E-state index contributed by atoms with van der Waals surface area (Å²) < 4.78 is 30.9. The van der Waals surface area contributed by atoms with Crippen LogP contribution in [-0.4, -0.2) is 42.7 Å². The van der Waals surface area contributed by atoms with E-state index in [0.29, 0.717) is 13.0 Å². The number of benzene rings is 1. The Labute approximate surface area is 127 Å². The first kappa shape index (κ1) is 18.2. The van der Waals surface area contributed by atoms with Crippen LogP contribution in [0.15, 0.2) is 18.2 Å². The van der Waals surface area contributed by atoms with Crippen LogP contribution in [0.3, 0.4) is 0 Å². The largest absolute Gasteiger partial charge is 0.466 e. The highest BCUT2D eigenvalue weighted by atomic mass is 19.2. The van der Waals surface area contributed by atoms with Gasteiger partial charge in [0.25, 0.3) is 0 Å². The monoisotopic (exact) mass is 315 g/mol. The molecule has 0 spiro atoms. The lowest BCUT2D eigenvalue weighted by molar-refractivity contribution is -0.143. The maximum Gasteiger partial charge on any atom is 0.307 e. The van der Waals surface area contributed by atoms with Gasteiger partial charge in [-0.05, 0) is 38.1 Å². The zero-order chi connectivity index (χ0) is 16.5. The second-order valence-corrected chi connectivity index (χ2v) is 4.59. The molecule has 5 nitrogen and oxygen atoms in total. The van der Waals surface area contributed by atoms with Crippen molar-refractivity contribution < 1.29 is 28.2 Å². The minimum atomic E-state index is -1.13. The van der Waals surface area contributed by atoms with Crippen LogP contribution in [0.1, 0.15) is 30.1 Å². The van der Waals surface area contributed by atoms with Crippen molar-refractivity contribution in [1.29, 1.82) is 0 Å². The lowest BCUT2D eigenvalue weighted by Gasteiger charge is -2.17. The summed E-state index contributed by atoms with van der Waals surface area (Å²) in [5, 5.41) is 11.6. The standard InChI is InChI=1S/C15H19F2NO4/c1-2-22-14(20)9-13(18-6-3-7-19)15(21)10-4-5-11(16)12(17)8-10/h4-5,8,13,18-19H,2-3,6-7,9H2,1H3. The Morgan fingerprint density at radius 1 is 1.32 bits per heavy atom. The van der Waals surface area contributed by atoms with E-state index in [-0.39, 0.29) is 25.2 Å². The van der Waals surface area contributed by atoms with E-state index in [2.05, 4.69) is 5.32 Å². The van der Waals surface area contributed by atoms with Crippen molar-refractivity contribution >= 4 is 11.8 Å². The highest BCUT2D eigenvalue weighted by molar-refractivity contribution is 6.01. The highest BCUT2D eigenvalue weighted by Gasteiger charge is 2.24. The number of Topliss-reactive ketones (excluding diaryl/α,β-unsaturated/α-hetero) is 1. The van der Waals surface area contributed by atoms with E-state index < -0.39 is 29.4 Å². The molecular weight excluding hydrogens is 296 g/mol. The average molecular weight is 315 g/mol. The molecule has 0 aliphatic carbocycles. The van der Waals surface area contributed by atoms with E-state index in [4.69, 9.17) is 9.84 Å². The van der Waals surface area contributed by atoms with Crippen molar-refractivity contribution in [2.75, 3.05) is 19.8 Å². The molecule has 122 valence electrons. The first-order chi connectivity index (χ1) is 10.5. The summed E-state index contributed by atoms with van der Waals surface area (Å²) in [7, 11) is 0. The highest BCUT2D eigenvalue weighted by Crippen LogP contribution is 2.12. The third kappa shape index (κ3) is 5.50. The Bertz CT molecular complexity index is 522. The van der Waals surface area contributed by atoms with E-state index in [1.165, 1.54) is 0 Å². The van der Waals surface area contributed by atoms with Crippen LogP contribution < -0.4 is 5.32 Å². The zero-order valence-corrected chi connectivity index (χ0v) is 12.3. The number of esters is 1. The minimum absolute atomic E-state index is 0.0373. The lowest BCUT2D eigenvalue weighted by Crippen LogP contribution is -2.40. The molecule has 1 unspecified atom stereocenters. The average Bonchev–Trinajstić information content (AvgIpc) is 2.49. The molecule has 0 aliphatic heterocycles. The van der Waals surface area contributed by atoms with E-state index in [1.807, 2.05) is 0 Å². The number of hydrogen-bond acceptors (Lipinski definition) is 5. The molecule has 1 aromatic carbocycles. The molecule has 0 amide bonds. The number of carbonyl (C=O) groups is 2. The fraction of sp³-hybridized carbons (Fsp3) is 0.467.